The molecule has 0 spiro atoms. The summed E-state index contributed by atoms with van der Waals surface area (Å²) in [5.41, 5.74) is -1.44. The van der Waals surface area contributed by atoms with Crippen LogP contribution in [0.4, 0.5) is 22.0 Å². The van der Waals surface area contributed by atoms with Gasteiger partial charge in [0.2, 0.25) is 0 Å². The van der Waals surface area contributed by atoms with E-state index in [9.17, 15) is 27.1 Å². The van der Waals surface area contributed by atoms with Gasteiger partial charge in [0, 0.05) is 21.5 Å². The van der Waals surface area contributed by atoms with Crippen LogP contribution < -0.4 is 4.74 Å². The molecule has 1 unspecified atom stereocenters. The Bertz CT molecular complexity index is 781. The first kappa shape index (κ1) is 20.8. The second-order valence-electron chi connectivity index (χ2n) is 4.96. The van der Waals surface area contributed by atoms with E-state index in [1.807, 2.05) is 13.8 Å². The van der Waals surface area contributed by atoms with Crippen LogP contribution in [-0.4, -0.2) is 10.4 Å². The van der Waals surface area contributed by atoms with Gasteiger partial charge >= 0.3 is 5.25 Å². The van der Waals surface area contributed by atoms with Gasteiger partial charge in [0.05, 0.1) is 5.56 Å². The highest BCUT2D eigenvalue weighted by Crippen LogP contribution is 2.57. The summed E-state index contributed by atoms with van der Waals surface area (Å²) in [5.74, 6) is -1.38. The summed E-state index contributed by atoms with van der Waals surface area (Å²) in [5, 5.41) is 6.04. The van der Waals surface area contributed by atoms with Crippen molar-refractivity contribution in [1.82, 2.24) is 0 Å². The number of thioether (sulfide) groups is 1. The largest absolute Gasteiger partial charge is 0.457 e. The number of aliphatic hydroxyl groups is 1. The fraction of sp³-hybridized carbons (Fsp3) is 0.294. The maximum Gasteiger partial charge on any atom is 0.327 e. The van der Waals surface area contributed by atoms with Crippen molar-refractivity contribution in [3.8, 4) is 11.5 Å². The summed E-state index contributed by atoms with van der Waals surface area (Å²) >= 11 is 5.66. The molecule has 0 amide bonds. The van der Waals surface area contributed by atoms with Gasteiger partial charge in [0.25, 0.3) is 6.43 Å². The van der Waals surface area contributed by atoms with Crippen LogP contribution in [0, 0.1) is 5.82 Å². The molecule has 3 rings (SSSR count). The van der Waals surface area contributed by atoms with Crippen molar-refractivity contribution in [3.05, 3.63) is 52.3 Å². The minimum absolute atomic E-state index is 0.000423. The van der Waals surface area contributed by atoms with Crippen LogP contribution in [0.2, 0.25) is 5.02 Å². The van der Waals surface area contributed by atoms with Gasteiger partial charge in [-0.2, -0.15) is 8.78 Å². The normalized spacial score (nSPS) is 17.5. The first-order valence-corrected chi connectivity index (χ1v) is 8.72. The molecule has 1 N–H and O–H groups in total. The molecule has 0 aliphatic carbocycles. The Morgan fingerprint density at radius 3 is 2.42 bits per heavy atom. The summed E-state index contributed by atoms with van der Waals surface area (Å²) in [6.45, 7) is 4.00. The Hall–Kier alpha value is -1.51. The van der Waals surface area contributed by atoms with Gasteiger partial charge in [-0.1, -0.05) is 25.4 Å². The molecule has 0 radical (unpaired) electrons. The molecule has 2 nitrogen and oxygen atoms in total. The van der Waals surface area contributed by atoms with Gasteiger partial charge in [-0.15, -0.1) is 0 Å². The molecule has 0 bridgehead atoms. The van der Waals surface area contributed by atoms with E-state index in [4.69, 9.17) is 16.3 Å². The predicted molar refractivity (Wildman–Crippen MR) is 90.0 cm³/mol. The zero-order valence-corrected chi connectivity index (χ0v) is 15.1. The molecule has 2 aromatic rings. The van der Waals surface area contributed by atoms with Crippen molar-refractivity contribution in [1.29, 1.82) is 0 Å². The molecule has 1 heterocycles. The summed E-state index contributed by atoms with van der Waals surface area (Å²) in [7, 11) is 0. The van der Waals surface area contributed by atoms with Crippen molar-refractivity contribution in [2.24, 2.45) is 0 Å². The number of benzene rings is 2. The van der Waals surface area contributed by atoms with Gasteiger partial charge in [0.1, 0.15) is 17.3 Å². The molecule has 1 atom stereocenters. The average Bonchev–Trinajstić information content (AvgIpc) is 2.78. The second-order valence-corrected chi connectivity index (χ2v) is 6.59. The Balaban J connectivity index is 0.00000117. The van der Waals surface area contributed by atoms with Gasteiger partial charge in [-0.05, 0) is 36.0 Å². The molecule has 0 saturated heterocycles. The topological polar surface area (TPSA) is 29.5 Å². The molecule has 26 heavy (non-hydrogen) atoms. The van der Waals surface area contributed by atoms with Crippen LogP contribution in [0.3, 0.4) is 0 Å². The molecule has 0 saturated carbocycles. The lowest BCUT2D eigenvalue weighted by Gasteiger charge is -2.17. The van der Waals surface area contributed by atoms with Crippen molar-refractivity contribution in [3.63, 3.8) is 0 Å². The van der Waals surface area contributed by atoms with Gasteiger partial charge in [-0.3, -0.25) is 0 Å². The number of halogens is 6. The number of hydrogen-bond donors (Lipinski definition) is 1. The lowest BCUT2D eigenvalue weighted by Crippen LogP contribution is -2.17. The quantitative estimate of drug-likeness (QED) is 0.552. The minimum atomic E-state index is -3.62. The van der Waals surface area contributed by atoms with Crippen molar-refractivity contribution in [2.45, 2.75) is 36.5 Å². The minimum Gasteiger partial charge on any atom is -0.457 e. The summed E-state index contributed by atoms with van der Waals surface area (Å²) in [6.07, 6.45) is -5.57. The lowest BCUT2D eigenvalue weighted by atomic mass is 10.0. The predicted octanol–water partition coefficient (Wildman–Crippen LogP) is 6.97. The Morgan fingerprint density at radius 2 is 1.85 bits per heavy atom. The fourth-order valence-electron chi connectivity index (χ4n) is 2.37. The summed E-state index contributed by atoms with van der Waals surface area (Å²) in [6, 6.07) is 5.31. The molecule has 0 fully saturated rings. The lowest BCUT2D eigenvalue weighted by molar-refractivity contribution is -0.0327. The highest BCUT2D eigenvalue weighted by atomic mass is 35.5. The highest BCUT2D eigenvalue weighted by Gasteiger charge is 2.50. The first-order valence-electron chi connectivity index (χ1n) is 7.53. The third kappa shape index (κ3) is 4.07. The molecular formula is C17H14ClF5O2S. The van der Waals surface area contributed by atoms with Crippen LogP contribution >= 0.6 is 23.4 Å². The number of rotatable bonds is 3. The number of ether oxygens (including phenoxy) is 1. The Morgan fingerprint density at radius 1 is 1.19 bits per heavy atom. The van der Waals surface area contributed by atoms with E-state index < -0.39 is 40.5 Å². The van der Waals surface area contributed by atoms with E-state index in [-0.39, 0.29) is 27.4 Å². The van der Waals surface area contributed by atoms with E-state index >= 15 is 0 Å². The molecule has 1 aliphatic heterocycles. The molecule has 142 valence electrons. The standard InChI is InChI=1S/C15H8ClF5O2S.C2H6/c16-6-3-7(17)5-8(4-6)23-9-1-2-10-12(11(9)14(18)19)13(22)15(20,21)24-10;1-2/h1-5,13-14,22H;1-2H3. The SMILES string of the molecule is CC.OC1c2c(ccc(Oc3cc(F)cc(Cl)c3)c2C(F)F)SC1(F)F. The number of hydrogen-bond acceptors (Lipinski definition) is 3. The van der Waals surface area contributed by atoms with Gasteiger partial charge in [-0.25, -0.2) is 13.2 Å². The second kappa shape index (κ2) is 8.02. The van der Waals surface area contributed by atoms with E-state index in [1.54, 1.807) is 0 Å². The highest BCUT2D eigenvalue weighted by molar-refractivity contribution is 8.00. The zero-order valence-electron chi connectivity index (χ0n) is 13.6. The van der Waals surface area contributed by atoms with Crippen molar-refractivity contribution >= 4 is 23.4 Å². The van der Waals surface area contributed by atoms with Crippen LogP contribution in [0.15, 0.2) is 35.2 Å². The van der Waals surface area contributed by atoms with Crippen LogP contribution in [0.5, 0.6) is 11.5 Å². The van der Waals surface area contributed by atoms with E-state index in [0.29, 0.717) is 0 Å². The van der Waals surface area contributed by atoms with Crippen molar-refractivity contribution in [2.75, 3.05) is 0 Å². The van der Waals surface area contributed by atoms with E-state index in [1.165, 1.54) is 6.07 Å². The summed E-state index contributed by atoms with van der Waals surface area (Å²) in [4.78, 5) is -0.160. The molecule has 1 aliphatic rings. The molecule has 2 aromatic carbocycles. The number of aliphatic hydroxyl groups excluding tert-OH is 1. The fourth-order valence-corrected chi connectivity index (χ4v) is 3.57. The monoisotopic (exact) mass is 412 g/mol. The van der Waals surface area contributed by atoms with E-state index in [0.717, 1.165) is 24.3 Å². The molecule has 9 heteroatoms. The molecule has 0 aromatic heterocycles. The van der Waals surface area contributed by atoms with Crippen LogP contribution in [0.25, 0.3) is 0 Å². The Labute approximate surface area is 155 Å². The maximum atomic E-state index is 13.6. The zero-order chi connectivity index (χ0) is 19.6. The maximum absolute atomic E-state index is 13.6. The van der Waals surface area contributed by atoms with Gasteiger partial charge < -0.3 is 9.84 Å². The van der Waals surface area contributed by atoms with Crippen molar-refractivity contribution < 1.29 is 31.8 Å². The van der Waals surface area contributed by atoms with Crippen LogP contribution in [0.1, 0.15) is 37.5 Å². The smallest absolute Gasteiger partial charge is 0.327 e. The Kier molecular flexibility index (Phi) is 6.42. The number of fused-ring (bicyclic) bond motifs is 1. The first-order chi connectivity index (χ1) is 12.2. The van der Waals surface area contributed by atoms with E-state index in [2.05, 4.69) is 0 Å². The van der Waals surface area contributed by atoms with Crippen LogP contribution in [-0.2, 0) is 0 Å². The number of alkyl halides is 4. The average molecular weight is 413 g/mol. The molecular weight excluding hydrogens is 399 g/mol. The third-order valence-corrected chi connectivity index (χ3v) is 4.62. The third-order valence-electron chi connectivity index (χ3n) is 3.33. The van der Waals surface area contributed by atoms with Gasteiger partial charge in [0.15, 0.2) is 6.10 Å². The summed E-state index contributed by atoms with van der Waals surface area (Å²) < 4.78 is 72.6.